The van der Waals surface area contributed by atoms with E-state index in [1.807, 2.05) is 48.4 Å². The Hall–Kier alpha value is -2.56. The Labute approximate surface area is 142 Å². The second-order valence-corrected chi connectivity index (χ2v) is 5.93. The van der Waals surface area contributed by atoms with Crippen LogP contribution in [0.2, 0.25) is 0 Å². The molecule has 1 amide bonds. The highest BCUT2D eigenvalue weighted by Gasteiger charge is 2.36. The summed E-state index contributed by atoms with van der Waals surface area (Å²) in [5.74, 6) is 1.20. The molecule has 2 aromatic rings. The number of hydrogen-bond acceptors (Lipinski definition) is 4. The van der Waals surface area contributed by atoms with E-state index in [4.69, 9.17) is 9.47 Å². The van der Waals surface area contributed by atoms with E-state index < -0.39 is 0 Å². The third-order valence-corrected chi connectivity index (χ3v) is 4.23. The van der Waals surface area contributed by atoms with Gasteiger partial charge in [-0.05, 0) is 43.5 Å². The lowest BCUT2D eigenvalue weighted by Gasteiger charge is -2.29. The van der Waals surface area contributed by atoms with Gasteiger partial charge in [0.2, 0.25) is 0 Å². The lowest BCUT2D eigenvalue weighted by atomic mass is 10.1. The van der Waals surface area contributed by atoms with Gasteiger partial charge in [-0.2, -0.15) is 0 Å². The predicted molar refractivity (Wildman–Crippen MR) is 91.0 cm³/mol. The molecule has 0 aliphatic heterocycles. The van der Waals surface area contributed by atoms with E-state index in [1.165, 1.54) is 0 Å². The van der Waals surface area contributed by atoms with Gasteiger partial charge in [-0.1, -0.05) is 18.2 Å². The Morgan fingerprint density at radius 3 is 2.62 bits per heavy atom. The highest BCUT2D eigenvalue weighted by Crippen LogP contribution is 2.34. The number of para-hydroxylation sites is 2. The van der Waals surface area contributed by atoms with E-state index in [-0.39, 0.29) is 18.6 Å². The average molecular weight is 326 g/mol. The number of pyridine rings is 1. The smallest absolute Gasteiger partial charge is 0.261 e. The predicted octanol–water partition coefficient (Wildman–Crippen LogP) is 3.22. The van der Waals surface area contributed by atoms with Crippen molar-refractivity contribution in [3.63, 3.8) is 0 Å². The van der Waals surface area contributed by atoms with Crippen LogP contribution >= 0.6 is 0 Å². The van der Waals surface area contributed by atoms with Crippen LogP contribution in [0.25, 0.3) is 0 Å². The summed E-state index contributed by atoms with van der Waals surface area (Å²) in [4.78, 5) is 18.8. The van der Waals surface area contributed by atoms with E-state index >= 15 is 0 Å². The van der Waals surface area contributed by atoms with Crippen molar-refractivity contribution in [1.82, 2.24) is 9.88 Å². The SMILES string of the molecule is COc1ccccc1OCC(=O)N(C1CC1)C(C)c1cccnc1. The minimum Gasteiger partial charge on any atom is -0.493 e. The molecular formula is C19H22N2O3. The molecule has 0 bridgehead atoms. The Kier molecular flexibility index (Phi) is 4.99. The van der Waals surface area contributed by atoms with Crippen molar-refractivity contribution in [1.29, 1.82) is 0 Å². The zero-order chi connectivity index (χ0) is 16.9. The number of rotatable bonds is 7. The van der Waals surface area contributed by atoms with Crippen LogP contribution in [0.3, 0.4) is 0 Å². The number of ether oxygens (including phenoxy) is 2. The molecule has 0 saturated heterocycles. The number of methoxy groups -OCH3 is 1. The maximum Gasteiger partial charge on any atom is 0.261 e. The van der Waals surface area contributed by atoms with E-state index in [9.17, 15) is 4.79 Å². The Balaban J connectivity index is 1.69. The fraction of sp³-hybridized carbons (Fsp3) is 0.368. The molecule has 0 radical (unpaired) electrons. The van der Waals surface area contributed by atoms with Crippen molar-refractivity contribution in [3.05, 3.63) is 54.4 Å². The lowest BCUT2D eigenvalue weighted by molar-refractivity contribution is -0.136. The van der Waals surface area contributed by atoms with Gasteiger partial charge in [-0.3, -0.25) is 9.78 Å². The van der Waals surface area contributed by atoms with Crippen LogP contribution in [0.5, 0.6) is 11.5 Å². The molecule has 1 unspecified atom stereocenters. The van der Waals surface area contributed by atoms with Gasteiger partial charge in [0.25, 0.3) is 5.91 Å². The molecule has 1 aliphatic carbocycles. The summed E-state index contributed by atoms with van der Waals surface area (Å²) in [5, 5.41) is 0. The van der Waals surface area contributed by atoms with E-state index in [2.05, 4.69) is 4.98 Å². The molecule has 1 aromatic heterocycles. The molecule has 24 heavy (non-hydrogen) atoms. The first kappa shape index (κ1) is 16.3. The minimum atomic E-state index is -0.0141. The summed E-state index contributed by atoms with van der Waals surface area (Å²) in [6.07, 6.45) is 5.65. The van der Waals surface area contributed by atoms with Crippen LogP contribution in [0.1, 0.15) is 31.4 Å². The largest absolute Gasteiger partial charge is 0.493 e. The Morgan fingerprint density at radius 1 is 1.25 bits per heavy atom. The van der Waals surface area contributed by atoms with Crippen molar-refractivity contribution >= 4 is 5.91 Å². The number of nitrogens with zero attached hydrogens (tertiary/aromatic N) is 2. The molecule has 3 rings (SSSR count). The molecule has 1 aromatic carbocycles. The summed E-state index contributed by atoms with van der Waals surface area (Å²) >= 11 is 0. The van der Waals surface area contributed by atoms with Crippen LogP contribution in [0.4, 0.5) is 0 Å². The normalized spacial score (nSPS) is 14.8. The maximum atomic E-state index is 12.8. The molecule has 1 saturated carbocycles. The van der Waals surface area contributed by atoms with Gasteiger partial charge in [-0.25, -0.2) is 0 Å². The summed E-state index contributed by atoms with van der Waals surface area (Å²) in [5.41, 5.74) is 1.04. The van der Waals surface area contributed by atoms with Crippen LogP contribution < -0.4 is 9.47 Å². The molecule has 0 spiro atoms. The first-order chi connectivity index (χ1) is 11.7. The molecule has 5 nitrogen and oxygen atoms in total. The number of carbonyl (C=O) groups excluding carboxylic acids is 1. The van der Waals surface area contributed by atoms with E-state index in [0.29, 0.717) is 17.5 Å². The molecule has 1 heterocycles. The highest BCUT2D eigenvalue weighted by atomic mass is 16.5. The molecule has 1 aliphatic rings. The monoisotopic (exact) mass is 326 g/mol. The van der Waals surface area contributed by atoms with Crippen molar-refractivity contribution in [2.24, 2.45) is 0 Å². The van der Waals surface area contributed by atoms with Crippen LogP contribution in [-0.2, 0) is 4.79 Å². The van der Waals surface area contributed by atoms with Crippen molar-refractivity contribution < 1.29 is 14.3 Å². The Morgan fingerprint density at radius 2 is 2.00 bits per heavy atom. The van der Waals surface area contributed by atoms with Gasteiger partial charge in [-0.15, -0.1) is 0 Å². The fourth-order valence-electron chi connectivity index (χ4n) is 2.82. The lowest BCUT2D eigenvalue weighted by Crippen LogP contribution is -2.38. The maximum absolute atomic E-state index is 12.8. The number of aromatic nitrogens is 1. The van der Waals surface area contributed by atoms with Crippen molar-refractivity contribution in [3.8, 4) is 11.5 Å². The average Bonchev–Trinajstić information content (AvgIpc) is 3.46. The van der Waals surface area contributed by atoms with Gasteiger partial charge >= 0.3 is 0 Å². The number of carbonyl (C=O) groups is 1. The van der Waals surface area contributed by atoms with Gasteiger partial charge in [0.1, 0.15) is 0 Å². The second kappa shape index (κ2) is 7.34. The molecule has 1 fully saturated rings. The summed E-state index contributed by atoms with van der Waals surface area (Å²) < 4.78 is 11.0. The molecule has 126 valence electrons. The minimum absolute atomic E-state index is 0.00146. The zero-order valence-electron chi connectivity index (χ0n) is 14.0. The van der Waals surface area contributed by atoms with Gasteiger partial charge in [0, 0.05) is 18.4 Å². The van der Waals surface area contributed by atoms with E-state index in [0.717, 1.165) is 18.4 Å². The number of benzene rings is 1. The standard InChI is InChI=1S/C19H22N2O3/c1-14(15-6-5-11-20-12-15)21(16-9-10-16)19(22)13-24-18-8-4-3-7-17(18)23-2/h3-8,11-12,14,16H,9-10,13H2,1-2H3. The molecular weight excluding hydrogens is 304 g/mol. The van der Waals surface area contributed by atoms with Gasteiger partial charge in [0.05, 0.1) is 13.2 Å². The van der Waals surface area contributed by atoms with Crippen molar-refractivity contribution in [2.45, 2.75) is 31.8 Å². The third-order valence-electron chi connectivity index (χ3n) is 4.23. The van der Waals surface area contributed by atoms with Crippen LogP contribution in [0, 0.1) is 0 Å². The number of hydrogen-bond donors (Lipinski definition) is 0. The first-order valence-corrected chi connectivity index (χ1v) is 8.17. The fourth-order valence-corrected chi connectivity index (χ4v) is 2.82. The van der Waals surface area contributed by atoms with Gasteiger partial charge in [0.15, 0.2) is 18.1 Å². The van der Waals surface area contributed by atoms with Crippen molar-refractivity contribution in [2.75, 3.05) is 13.7 Å². The molecule has 0 N–H and O–H groups in total. The number of amides is 1. The molecule has 1 atom stereocenters. The topological polar surface area (TPSA) is 51.7 Å². The highest BCUT2D eigenvalue weighted by molar-refractivity contribution is 5.79. The summed E-state index contributed by atoms with van der Waals surface area (Å²) in [7, 11) is 1.59. The second-order valence-electron chi connectivity index (χ2n) is 5.93. The zero-order valence-corrected chi connectivity index (χ0v) is 14.0. The van der Waals surface area contributed by atoms with E-state index in [1.54, 1.807) is 19.4 Å². The summed E-state index contributed by atoms with van der Waals surface area (Å²) in [6.45, 7) is 2.04. The first-order valence-electron chi connectivity index (χ1n) is 8.17. The third kappa shape index (κ3) is 3.67. The quantitative estimate of drug-likeness (QED) is 0.784. The van der Waals surface area contributed by atoms with Crippen LogP contribution in [-0.4, -0.2) is 35.5 Å². The Bertz CT molecular complexity index is 686. The van der Waals surface area contributed by atoms with Crippen LogP contribution in [0.15, 0.2) is 48.8 Å². The molecule has 5 heteroatoms. The van der Waals surface area contributed by atoms with Gasteiger partial charge < -0.3 is 14.4 Å². The summed E-state index contributed by atoms with van der Waals surface area (Å²) in [6, 6.07) is 11.5.